The van der Waals surface area contributed by atoms with Gasteiger partial charge in [-0.25, -0.2) is 0 Å². The van der Waals surface area contributed by atoms with Crippen molar-refractivity contribution >= 4 is 23.1 Å². The zero-order chi connectivity index (χ0) is 9.80. The fraction of sp³-hybridized carbons (Fsp3) is 0.500. The fourth-order valence-corrected chi connectivity index (χ4v) is 2.87. The maximum atomic E-state index is 5.36. The summed E-state index contributed by atoms with van der Waals surface area (Å²) in [6.07, 6.45) is 7.29. The molecule has 0 saturated carbocycles. The van der Waals surface area contributed by atoms with Crippen molar-refractivity contribution in [2.75, 3.05) is 18.1 Å². The standard InChI is InChI=1S/C10H12N2S2/c1-2-3-12(9-6-13-7-9)5-10-4-11-8-14-10/h1,4,8-9H,3,5-7H2. The zero-order valence-corrected chi connectivity index (χ0v) is 9.48. The summed E-state index contributed by atoms with van der Waals surface area (Å²) >= 11 is 3.69. The molecule has 0 bridgehead atoms. The Morgan fingerprint density at radius 1 is 1.64 bits per heavy atom. The Kier molecular flexibility index (Phi) is 3.46. The van der Waals surface area contributed by atoms with Gasteiger partial charge < -0.3 is 0 Å². The van der Waals surface area contributed by atoms with Crippen molar-refractivity contribution in [2.24, 2.45) is 0 Å². The topological polar surface area (TPSA) is 16.1 Å². The lowest BCUT2D eigenvalue weighted by molar-refractivity contribution is 0.241. The van der Waals surface area contributed by atoms with E-state index in [0.717, 1.165) is 13.1 Å². The van der Waals surface area contributed by atoms with E-state index in [4.69, 9.17) is 6.42 Å². The van der Waals surface area contributed by atoms with Crippen molar-refractivity contribution < 1.29 is 0 Å². The summed E-state index contributed by atoms with van der Waals surface area (Å²) in [6.45, 7) is 1.71. The van der Waals surface area contributed by atoms with E-state index in [2.05, 4.69) is 15.8 Å². The summed E-state index contributed by atoms with van der Waals surface area (Å²) in [5.74, 6) is 5.18. The maximum absolute atomic E-state index is 5.36. The van der Waals surface area contributed by atoms with Crippen molar-refractivity contribution in [3.05, 3.63) is 16.6 Å². The van der Waals surface area contributed by atoms with Crippen LogP contribution in [0, 0.1) is 12.3 Å². The van der Waals surface area contributed by atoms with Crippen molar-refractivity contribution in [1.82, 2.24) is 9.88 Å². The molecular formula is C10H12N2S2. The summed E-state index contributed by atoms with van der Waals surface area (Å²) in [5.41, 5.74) is 1.87. The molecule has 1 fully saturated rings. The second-order valence-corrected chi connectivity index (χ2v) is 5.31. The minimum absolute atomic E-state index is 0.679. The second kappa shape index (κ2) is 4.83. The Balaban J connectivity index is 1.94. The van der Waals surface area contributed by atoms with Crippen molar-refractivity contribution in [1.29, 1.82) is 0 Å². The predicted molar refractivity (Wildman–Crippen MR) is 62.5 cm³/mol. The van der Waals surface area contributed by atoms with Gasteiger partial charge in [-0.3, -0.25) is 9.88 Å². The van der Waals surface area contributed by atoms with E-state index in [1.54, 1.807) is 11.3 Å². The zero-order valence-electron chi connectivity index (χ0n) is 7.85. The van der Waals surface area contributed by atoms with E-state index in [1.807, 2.05) is 23.5 Å². The van der Waals surface area contributed by atoms with Crippen LogP contribution in [0.3, 0.4) is 0 Å². The fourth-order valence-electron chi connectivity index (χ4n) is 1.39. The van der Waals surface area contributed by atoms with E-state index in [-0.39, 0.29) is 0 Å². The number of hydrogen-bond acceptors (Lipinski definition) is 4. The molecule has 74 valence electrons. The molecule has 1 saturated heterocycles. The summed E-state index contributed by atoms with van der Waals surface area (Å²) in [4.78, 5) is 7.74. The quantitative estimate of drug-likeness (QED) is 0.724. The molecule has 0 unspecified atom stereocenters. The molecule has 0 N–H and O–H groups in total. The average Bonchev–Trinajstić information content (AvgIpc) is 2.54. The first kappa shape index (κ1) is 10.0. The summed E-state index contributed by atoms with van der Waals surface area (Å²) in [5, 5.41) is 0. The largest absolute Gasteiger partial charge is 0.283 e. The Bertz CT molecular complexity index is 311. The molecular weight excluding hydrogens is 212 g/mol. The van der Waals surface area contributed by atoms with Gasteiger partial charge in [-0.1, -0.05) is 5.92 Å². The number of thiazole rings is 1. The first-order chi connectivity index (χ1) is 6.90. The number of hydrogen-bond donors (Lipinski definition) is 0. The van der Waals surface area contributed by atoms with Gasteiger partial charge >= 0.3 is 0 Å². The van der Waals surface area contributed by atoms with Crippen LogP contribution < -0.4 is 0 Å². The molecule has 1 aliphatic heterocycles. The van der Waals surface area contributed by atoms with E-state index in [0.29, 0.717) is 6.04 Å². The first-order valence-corrected chi connectivity index (χ1v) is 6.56. The predicted octanol–water partition coefficient (Wildman–Crippen LogP) is 1.69. The third kappa shape index (κ3) is 2.30. The van der Waals surface area contributed by atoms with Gasteiger partial charge in [-0.05, 0) is 0 Å². The lowest BCUT2D eigenvalue weighted by atomic mass is 10.3. The van der Waals surface area contributed by atoms with Crippen LogP contribution in [0.25, 0.3) is 0 Å². The van der Waals surface area contributed by atoms with E-state index >= 15 is 0 Å². The minimum Gasteiger partial charge on any atom is -0.283 e. The van der Waals surface area contributed by atoms with E-state index < -0.39 is 0 Å². The first-order valence-electron chi connectivity index (χ1n) is 4.53. The number of rotatable bonds is 4. The Labute approximate surface area is 92.7 Å². The molecule has 1 aliphatic rings. The van der Waals surface area contributed by atoms with Gasteiger partial charge in [0.25, 0.3) is 0 Å². The van der Waals surface area contributed by atoms with Crippen molar-refractivity contribution in [2.45, 2.75) is 12.6 Å². The Morgan fingerprint density at radius 3 is 3.00 bits per heavy atom. The number of thioether (sulfide) groups is 1. The Morgan fingerprint density at radius 2 is 2.50 bits per heavy atom. The summed E-state index contributed by atoms with van der Waals surface area (Å²) in [6, 6.07) is 0.679. The second-order valence-electron chi connectivity index (χ2n) is 3.27. The van der Waals surface area contributed by atoms with Crippen LogP contribution in [0.1, 0.15) is 4.88 Å². The monoisotopic (exact) mass is 224 g/mol. The number of aromatic nitrogens is 1. The van der Waals surface area contributed by atoms with E-state index in [9.17, 15) is 0 Å². The lowest BCUT2D eigenvalue weighted by Crippen LogP contribution is -2.43. The third-order valence-electron chi connectivity index (χ3n) is 2.27. The van der Waals surface area contributed by atoms with Gasteiger partial charge in [0.05, 0.1) is 12.1 Å². The molecule has 14 heavy (non-hydrogen) atoms. The average molecular weight is 224 g/mol. The minimum atomic E-state index is 0.679. The van der Waals surface area contributed by atoms with Crippen LogP contribution in [-0.4, -0.2) is 34.0 Å². The van der Waals surface area contributed by atoms with Crippen LogP contribution >= 0.6 is 23.1 Å². The van der Waals surface area contributed by atoms with Gasteiger partial charge in [-0.2, -0.15) is 11.8 Å². The maximum Gasteiger partial charge on any atom is 0.0794 e. The third-order valence-corrected chi connectivity index (χ3v) is 4.28. The highest BCUT2D eigenvalue weighted by molar-refractivity contribution is 8.00. The van der Waals surface area contributed by atoms with Crippen LogP contribution in [-0.2, 0) is 6.54 Å². The molecule has 0 atom stereocenters. The van der Waals surface area contributed by atoms with Crippen LogP contribution in [0.15, 0.2) is 11.7 Å². The summed E-state index contributed by atoms with van der Waals surface area (Å²) in [7, 11) is 0. The smallest absolute Gasteiger partial charge is 0.0794 e. The molecule has 2 rings (SSSR count). The van der Waals surface area contributed by atoms with Crippen LogP contribution in [0.4, 0.5) is 0 Å². The molecule has 1 aromatic heterocycles. The normalized spacial score (nSPS) is 16.6. The lowest BCUT2D eigenvalue weighted by Gasteiger charge is -2.35. The SMILES string of the molecule is C#CCN(Cc1cncs1)C1CSC1. The van der Waals surface area contributed by atoms with Crippen LogP contribution in [0.2, 0.25) is 0 Å². The highest BCUT2D eigenvalue weighted by Crippen LogP contribution is 2.24. The van der Waals surface area contributed by atoms with Gasteiger partial charge in [0.15, 0.2) is 0 Å². The molecule has 0 amide bonds. The van der Waals surface area contributed by atoms with Gasteiger partial charge in [0, 0.05) is 35.2 Å². The molecule has 2 nitrogen and oxygen atoms in total. The van der Waals surface area contributed by atoms with Crippen molar-refractivity contribution in [3.63, 3.8) is 0 Å². The Hall–Kier alpha value is -0.500. The van der Waals surface area contributed by atoms with Crippen LogP contribution in [0.5, 0.6) is 0 Å². The molecule has 0 aliphatic carbocycles. The van der Waals surface area contributed by atoms with Gasteiger partial charge in [0.2, 0.25) is 0 Å². The highest BCUT2D eigenvalue weighted by Gasteiger charge is 2.25. The molecule has 0 aromatic carbocycles. The number of nitrogens with zero attached hydrogens (tertiary/aromatic N) is 2. The molecule has 0 radical (unpaired) electrons. The van der Waals surface area contributed by atoms with E-state index in [1.165, 1.54) is 16.4 Å². The molecule has 0 spiro atoms. The number of terminal acetylenes is 1. The molecule has 1 aromatic rings. The van der Waals surface area contributed by atoms with Gasteiger partial charge in [0.1, 0.15) is 0 Å². The molecule has 2 heterocycles. The highest BCUT2D eigenvalue weighted by atomic mass is 32.2. The summed E-state index contributed by atoms with van der Waals surface area (Å²) < 4.78 is 0. The van der Waals surface area contributed by atoms with Gasteiger partial charge in [-0.15, -0.1) is 17.8 Å². The molecule has 4 heteroatoms. The van der Waals surface area contributed by atoms with Crippen molar-refractivity contribution in [3.8, 4) is 12.3 Å².